The van der Waals surface area contributed by atoms with E-state index in [1.807, 2.05) is 18.4 Å². The monoisotopic (exact) mass is 329 g/mol. The third-order valence-electron chi connectivity index (χ3n) is 2.94. The number of nitrogens with one attached hydrogen (secondary N) is 2. The maximum Gasteiger partial charge on any atom is 0.239 e. The Kier molecular flexibility index (Phi) is 4.45. The smallest absolute Gasteiger partial charge is 0.239 e. The van der Waals surface area contributed by atoms with E-state index in [-0.39, 0.29) is 12.5 Å². The summed E-state index contributed by atoms with van der Waals surface area (Å²) < 4.78 is 5.58. The van der Waals surface area contributed by atoms with Crippen LogP contribution in [-0.4, -0.2) is 34.5 Å². The molecule has 8 heteroatoms. The van der Waals surface area contributed by atoms with E-state index in [2.05, 4.69) is 25.6 Å². The molecule has 0 aliphatic rings. The van der Waals surface area contributed by atoms with E-state index in [4.69, 9.17) is 4.42 Å². The zero-order valence-electron chi connectivity index (χ0n) is 12.7. The zero-order valence-corrected chi connectivity index (χ0v) is 13.5. The van der Waals surface area contributed by atoms with Crippen LogP contribution >= 0.6 is 11.3 Å². The number of carbonyl (C=O) groups excluding carboxylic acids is 1. The SMILES string of the molecule is CNCC(=O)Nc1cc(-c2nccs2)nc(-c2ccc(C)o2)n1. The summed E-state index contributed by atoms with van der Waals surface area (Å²) in [7, 11) is 1.71. The van der Waals surface area contributed by atoms with Crippen molar-refractivity contribution in [1.82, 2.24) is 20.3 Å². The molecule has 0 unspecified atom stereocenters. The third-order valence-corrected chi connectivity index (χ3v) is 3.74. The van der Waals surface area contributed by atoms with Gasteiger partial charge in [0.2, 0.25) is 5.91 Å². The fraction of sp³-hybridized carbons (Fsp3) is 0.200. The molecule has 0 atom stereocenters. The number of hydrogen-bond acceptors (Lipinski definition) is 7. The molecular weight excluding hydrogens is 314 g/mol. The molecule has 0 aromatic carbocycles. The number of hydrogen-bond donors (Lipinski definition) is 2. The van der Waals surface area contributed by atoms with Crippen LogP contribution in [0.5, 0.6) is 0 Å². The first kappa shape index (κ1) is 15.3. The van der Waals surface area contributed by atoms with E-state index < -0.39 is 0 Å². The molecule has 0 spiro atoms. The highest BCUT2D eigenvalue weighted by molar-refractivity contribution is 7.13. The van der Waals surface area contributed by atoms with Crippen molar-refractivity contribution in [1.29, 1.82) is 0 Å². The van der Waals surface area contributed by atoms with Crippen molar-refractivity contribution < 1.29 is 9.21 Å². The maximum atomic E-state index is 11.8. The summed E-state index contributed by atoms with van der Waals surface area (Å²) in [6.07, 6.45) is 1.71. The summed E-state index contributed by atoms with van der Waals surface area (Å²) in [4.78, 5) is 24.9. The van der Waals surface area contributed by atoms with E-state index >= 15 is 0 Å². The van der Waals surface area contributed by atoms with Crippen LogP contribution < -0.4 is 10.6 Å². The average Bonchev–Trinajstić information content (AvgIpc) is 3.18. The highest BCUT2D eigenvalue weighted by atomic mass is 32.1. The van der Waals surface area contributed by atoms with E-state index in [1.54, 1.807) is 25.4 Å². The molecule has 1 amide bonds. The van der Waals surface area contributed by atoms with E-state index in [9.17, 15) is 4.79 Å². The lowest BCUT2D eigenvalue weighted by Crippen LogP contribution is -2.25. The Morgan fingerprint density at radius 2 is 2.22 bits per heavy atom. The summed E-state index contributed by atoms with van der Waals surface area (Å²) in [6, 6.07) is 5.34. The first-order valence-electron chi connectivity index (χ1n) is 6.96. The Labute approximate surface area is 136 Å². The Morgan fingerprint density at radius 3 is 2.87 bits per heavy atom. The molecule has 3 aromatic heterocycles. The number of nitrogens with zero attached hydrogens (tertiary/aromatic N) is 3. The van der Waals surface area contributed by atoms with Gasteiger partial charge < -0.3 is 15.1 Å². The molecule has 3 aromatic rings. The lowest BCUT2D eigenvalue weighted by Gasteiger charge is -2.07. The van der Waals surface area contributed by atoms with Gasteiger partial charge in [0.1, 0.15) is 22.3 Å². The number of rotatable bonds is 5. The van der Waals surface area contributed by atoms with Gasteiger partial charge in [0.15, 0.2) is 11.6 Å². The minimum Gasteiger partial charge on any atom is -0.458 e. The maximum absolute atomic E-state index is 11.8. The highest BCUT2D eigenvalue weighted by Gasteiger charge is 2.14. The van der Waals surface area contributed by atoms with Crippen LogP contribution in [0.3, 0.4) is 0 Å². The average molecular weight is 329 g/mol. The van der Waals surface area contributed by atoms with Crippen molar-refractivity contribution in [3.05, 3.63) is 35.5 Å². The van der Waals surface area contributed by atoms with Crippen LogP contribution in [0.15, 0.2) is 34.2 Å². The molecule has 0 saturated heterocycles. The van der Waals surface area contributed by atoms with E-state index in [0.717, 1.165) is 10.8 Å². The van der Waals surface area contributed by atoms with Crippen molar-refractivity contribution in [2.24, 2.45) is 0 Å². The van der Waals surface area contributed by atoms with Gasteiger partial charge in [-0.15, -0.1) is 11.3 Å². The van der Waals surface area contributed by atoms with Crippen molar-refractivity contribution >= 4 is 23.1 Å². The normalized spacial score (nSPS) is 10.7. The molecule has 0 radical (unpaired) electrons. The summed E-state index contributed by atoms with van der Waals surface area (Å²) >= 11 is 1.47. The van der Waals surface area contributed by atoms with Crippen molar-refractivity contribution in [3.8, 4) is 22.3 Å². The highest BCUT2D eigenvalue weighted by Crippen LogP contribution is 2.26. The molecule has 0 bridgehead atoms. The zero-order chi connectivity index (χ0) is 16.2. The molecule has 3 rings (SSSR count). The molecular formula is C15H15N5O2S. The van der Waals surface area contributed by atoms with E-state index in [1.165, 1.54) is 11.3 Å². The van der Waals surface area contributed by atoms with Crippen LogP contribution in [0.1, 0.15) is 5.76 Å². The lowest BCUT2D eigenvalue weighted by molar-refractivity contribution is -0.115. The second-order valence-electron chi connectivity index (χ2n) is 4.79. The number of aromatic nitrogens is 3. The van der Waals surface area contributed by atoms with Crippen molar-refractivity contribution in [2.75, 3.05) is 18.9 Å². The summed E-state index contributed by atoms with van der Waals surface area (Å²) in [5.74, 6) is 1.95. The van der Waals surface area contributed by atoms with Gasteiger partial charge in [-0.3, -0.25) is 4.79 Å². The standard InChI is InChI=1S/C15H15N5O2S/c1-9-3-4-11(22-9)14-18-10(15-17-5-6-23-15)7-12(20-14)19-13(21)8-16-2/h3-7,16H,8H2,1-2H3,(H,18,19,20,21). The molecule has 2 N–H and O–H groups in total. The number of anilines is 1. The first-order valence-corrected chi connectivity index (χ1v) is 7.84. The Morgan fingerprint density at radius 1 is 1.35 bits per heavy atom. The molecule has 118 valence electrons. The molecule has 3 heterocycles. The second-order valence-corrected chi connectivity index (χ2v) is 5.68. The van der Waals surface area contributed by atoms with Crippen LogP contribution in [0.2, 0.25) is 0 Å². The molecule has 23 heavy (non-hydrogen) atoms. The first-order chi connectivity index (χ1) is 11.2. The minimum absolute atomic E-state index is 0.183. The fourth-order valence-electron chi connectivity index (χ4n) is 1.98. The van der Waals surface area contributed by atoms with Crippen LogP contribution in [0, 0.1) is 6.92 Å². The molecule has 0 aliphatic heterocycles. The van der Waals surface area contributed by atoms with Gasteiger partial charge in [-0.2, -0.15) is 0 Å². The molecule has 0 aliphatic carbocycles. The number of amides is 1. The van der Waals surface area contributed by atoms with Crippen LogP contribution in [0.25, 0.3) is 22.3 Å². The topological polar surface area (TPSA) is 92.9 Å². The Hall–Kier alpha value is -2.58. The molecule has 0 fully saturated rings. The minimum atomic E-state index is -0.183. The number of aryl methyl sites for hydroxylation is 1. The predicted octanol–water partition coefficient (Wildman–Crippen LogP) is 2.33. The van der Waals surface area contributed by atoms with Gasteiger partial charge in [-0.25, -0.2) is 15.0 Å². The number of thiazole rings is 1. The fourth-order valence-corrected chi connectivity index (χ4v) is 2.58. The van der Waals surface area contributed by atoms with E-state index in [0.29, 0.717) is 23.1 Å². The summed E-state index contributed by atoms with van der Waals surface area (Å²) in [5.41, 5.74) is 0.638. The molecule has 7 nitrogen and oxygen atoms in total. The summed E-state index contributed by atoms with van der Waals surface area (Å²) in [6.45, 7) is 2.05. The Balaban J connectivity index is 2.01. The third kappa shape index (κ3) is 3.61. The predicted molar refractivity (Wildman–Crippen MR) is 88.1 cm³/mol. The van der Waals surface area contributed by atoms with Crippen LogP contribution in [-0.2, 0) is 4.79 Å². The van der Waals surface area contributed by atoms with Gasteiger partial charge in [-0.05, 0) is 26.1 Å². The van der Waals surface area contributed by atoms with Gasteiger partial charge in [-0.1, -0.05) is 0 Å². The van der Waals surface area contributed by atoms with Gasteiger partial charge >= 0.3 is 0 Å². The quantitative estimate of drug-likeness (QED) is 0.746. The summed E-state index contributed by atoms with van der Waals surface area (Å²) in [5, 5.41) is 8.16. The largest absolute Gasteiger partial charge is 0.458 e. The Bertz CT molecular complexity index is 813. The number of furan rings is 1. The van der Waals surface area contributed by atoms with Crippen LogP contribution in [0.4, 0.5) is 5.82 Å². The van der Waals surface area contributed by atoms with Gasteiger partial charge in [0, 0.05) is 17.6 Å². The van der Waals surface area contributed by atoms with Gasteiger partial charge in [0.05, 0.1) is 6.54 Å². The van der Waals surface area contributed by atoms with Crippen molar-refractivity contribution in [2.45, 2.75) is 6.92 Å². The van der Waals surface area contributed by atoms with Crippen molar-refractivity contribution in [3.63, 3.8) is 0 Å². The number of carbonyl (C=O) groups is 1. The second kappa shape index (κ2) is 6.67. The number of likely N-dealkylation sites (N-methyl/N-ethyl adjacent to an activating group) is 1. The lowest BCUT2D eigenvalue weighted by atomic mass is 10.3. The van der Waals surface area contributed by atoms with Gasteiger partial charge in [0.25, 0.3) is 0 Å². The molecule has 0 saturated carbocycles.